The number of rotatable bonds is 4. The Labute approximate surface area is 152 Å². The summed E-state index contributed by atoms with van der Waals surface area (Å²) in [5, 5.41) is 5.31. The molecule has 2 fully saturated rings. The summed E-state index contributed by atoms with van der Waals surface area (Å²) in [6, 6.07) is 7.98. The van der Waals surface area contributed by atoms with Crippen molar-refractivity contribution in [1.82, 2.24) is 15.2 Å². The molecule has 2 aliphatic heterocycles. The maximum atomic E-state index is 12.4. The van der Waals surface area contributed by atoms with Crippen LogP contribution in [0.15, 0.2) is 42.0 Å². The van der Waals surface area contributed by atoms with E-state index in [0.717, 1.165) is 38.9 Å². The highest BCUT2D eigenvalue weighted by Gasteiger charge is 2.43. The SMILES string of the molecule is O=C(N[C@H]1CCO[C@@]2(CCN(Cc3cccs3)C2)C1)c1ccncc1. The molecule has 0 aliphatic carbocycles. The molecule has 0 radical (unpaired) electrons. The predicted octanol–water partition coefficient (Wildman–Crippen LogP) is 2.70. The van der Waals surface area contributed by atoms with E-state index in [0.29, 0.717) is 12.2 Å². The topological polar surface area (TPSA) is 54.5 Å². The third-order valence-electron chi connectivity index (χ3n) is 5.13. The van der Waals surface area contributed by atoms with Crippen LogP contribution in [0.1, 0.15) is 34.5 Å². The van der Waals surface area contributed by atoms with Gasteiger partial charge in [-0.15, -0.1) is 11.3 Å². The molecule has 132 valence electrons. The first kappa shape index (κ1) is 16.7. The zero-order valence-electron chi connectivity index (χ0n) is 14.2. The minimum atomic E-state index is -0.105. The number of carbonyl (C=O) groups is 1. The highest BCUT2D eigenvalue weighted by atomic mass is 32.1. The van der Waals surface area contributed by atoms with E-state index in [-0.39, 0.29) is 17.6 Å². The van der Waals surface area contributed by atoms with Gasteiger partial charge in [-0.2, -0.15) is 0 Å². The van der Waals surface area contributed by atoms with Gasteiger partial charge in [0.1, 0.15) is 0 Å². The van der Waals surface area contributed by atoms with Crippen LogP contribution < -0.4 is 5.32 Å². The number of ether oxygens (including phenoxy) is 1. The summed E-state index contributed by atoms with van der Waals surface area (Å²) in [6.45, 7) is 3.72. The van der Waals surface area contributed by atoms with E-state index in [1.54, 1.807) is 35.9 Å². The van der Waals surface area contributed by atoms with E-state index in [9.17, 15) is 4.79 Å². The molecule has 5 nitrogen and oxygen atoms in total. The number of hydrogen-bond donors (Lipinski definition) is 1. The molecule has 0 saturated carbocycles. The van der Waals surface area contributed by atoms with Crippen LogP contribution in [0, 0.1) is 0 Å². The number of likely N-dealkylation sites (tertiary alicyclic amines) is 1. The average Bonchev–Trinajstić information content (AvgIpc) is 3.27. The van der Waals surface area contributed by atoms with Gasteiger partial charge in [0, 0.05) is 55.1 Å². The van der Waals surface area contributed by atoms with Gasteiger partial charge in [0.15, 0.2) is 0 Å². The van der Waals surface area contributed by atoms with Crippen LogP contribution >= 0.6 is 11.3 Å². The second kappa shape index (κ2) is 7.23. The minimum Gasteiger partial charge on any atom is -0.373 e. The van der Waals surface area contributed by atoms with E-state index in [1.807, 2.05) is 0 Å². The second-order valence-electron chi connectivity index (χ2n) is 6.97. The Kier molecular flexibility index (Phi) is 4.83. The molecule has 0 bridgehead atoms. The Morgan fingerprint density at radius 3 is 3.08 bits per heavy atom. The number of carbonyl (C=O) groups excluding carboxylic acids is 1. The normalized spacial score (nSPS) is 26.8. The third kappa shape index (κ3) is 3.92. The third-order valence-corrected chi connectivity index (χ3v) is 5.99. The molecule has 1 amide bonds. The quantitative estimate of drug-likeness (QED) is 0.914. The second-order valence-corrected chi connectivity index (χ2v) is 8.00. The first-order chi connectivity index (χ1) is 12.2. The molecule has 4 rings (SSSR count). The number of nitrogens with one attached hydrogen (secondary N) is 1. The lowest BCUT2D eigenvalue weighted by Crippen LogP contribution is -2.49. The van der Waals surface area contributed by atoms with Gasteiger partial charge in [0.25, 0.3) is 5.91 Å². The maximum Gasteiger partial charge on any atom is 0.251 e. The Morgan fingerprint density at radius 1 is 1.40 bits per heavy atom. The van der Waals surface area contributed by atoms with Crippen LogP contribution in [0.25, 0.3) is 0 Å². The number of aromatic nitrogens is 1. The van der Waals surface area contributed by atoms with Gasteiger partial charge >= 0.3 is 0 Å². The van der Waals surface area contributed by atoms with Crippen molar-refractivity contribution in [2.75, 3.05) is 19.7 Å². The molecule has 2 aromatic heterocycles. The number of nitrogens with zero attached hydrogens (tertiary/aromatic N) is 2. The van der Waals surface area contributed by atoms with Gasteiger partial charge in [-0.05, 0) is 42.8 Å². The van der Waals surface area contributed by atoms with E-state index in [1.165, 1.54) is 4.88 Å². The van der Waals surface area contributed by atoms with E-state index in [4.69, 9.17) is 4.74 Å². The molecule has 2 aliphatic rings. The summed E-state index contributed by atoms with van der Waals surface area (Å²) in [4.78, 5) is 20.2. The maximum absolute atomic E-state index is 12.4. The summed E-state index contributed by atoms with van der Waals surface area (Å²) < 4.78 is 6.19. The zero-order chi connectivity index (χ0) is 17.1. The summed E-state index contributed by atoms with van der Waals surface area (Å²) in [6.07, 6.45) is 6.12. The highest BCUT2D eigenvalue weighted by Crippen LogP contribution is 2.35. The van der Waals surface area contributed by atoms with Gasteiger partial charge in [0.2, 0.25) is 0 Å². The zero-order valence-corrected chi connectivity index (χ0v) is 15.0. The Bertz CT molecular complexity index is 707. The fourth-order valence-corrected chi connectivity index (χ4v) is 4.64. The monoisotopic (exact) mass is 357 g/mol. The molecule has 2 saturated heterocycles. The van der Waals surface area contributed by atoms with Crippen molar-refractivity contribution in [1.29, 1.82) is 0 Å². The Hall–Kier alpha value is -1.76. The van der Waals surface area contributed by atoms with Crippen LogP contribution in [-0.2, 0) is 11.3 Å². The first-order valence-electron chi connectivity index (χ1n) is 8.82. The van der Waals surface area contributed by atoms with Crippen LogP contribution in [0.3, 0.4) is 0 Å². The summed E-state index contributed by atoms with van der Waals surface area (Å²) in [5.74, 6) is -0.0158. The van der Waals surface area contributed by atoms with E-state index >= 15 is 0 Å². The number of pyridine rings is 1. The van der Waals surface area contributed by atoms with Crippen LogP contribution in [0.4, 0.5) is 0 Å². The van der Waals surface area contributed by atoms with Gasteiger partial charge in [-0.3, -0.25) is 14.7 Å². The molecule has 6 heteroatoms. The molecule has 2 aromatic rings. The number of hydrogen-bond acceptors (Lipinski definition) is 5. The molecule has 25 heavy (non-hydrogen) atoms. The molecule has 0 aromatic carbocycles. The van der Waals surface area contributed by atoms with Crippen molar-refractivity contribution in [2.24, 2.45) is 0 Å². The van der Waals surface area contributed by atoms with Crippen LogP contribution in [0.2, 0.25) is 0 Å². The van der Waals surface area contributed by atoms with E-state index in [2.05, 4.69) is 32.7 Å². The first-order valence-corrected chi connectivity index (χ1v) is 9.70. The Balaban J connectivity index is 1.35. The largest absolute Gasteiger partial charge is 0.373 e. The van der Waals surface area contributed by atoms with Crippen molar-refractivity contribution in [2.45, 2.75) is 37.5 Å². The highest BCUT2D eigenvalue weighted by molar-refractivity contribution is 7.09. The van der Waals surface area contributed by atoms with Crippen molar-refractivity contribution in [3.05, 3.63) is 52.5 Å². The van der Waals surface area contributed by atoms with Gasteiger partial charge < -0.3 is 10.1 Å². The lowest BCUT2D eigenvalue weighted by atomic mass is 9.89. The summed E-state index contributed by atoms with van der Waals surface area (Å²) in [5.41, 5.74) is 0.562. The number of amides is 1. The Morgan fingerprint density at radius 2 is 2.28 bits per heavy atom. The minimum absolute atomic E-state index is 0.0158. The fourth-order valence-electron chi connectivity index (χ4n) is 3.89. The summed E-state index contributed by atoms with van der Waals surface area (Å²) in [7, 11) is 0. The van der Waals surface area contributed by atoms with Gasteiger partial charge in [0.05, 0.1) is 5.60 Å². The van der Waals surface area contributed by atoms with Gasteiger partial charge in [-0.25, -0.2) is 0 Å². The molecule has 4 heterocycles. The molecule has 2 atom stereocenters. The van der Waals surface area contributed by atoms with Crippen molar-refractivity contribution >= 4 is 17.2 Å². The standard InChI is InChI=1S/C19H23N3O2S/c23-18(15-3-7-20-8-4-15)21-16-5-10-24-19(12-16)6-9-22(14-19)13-17-2-1-11-25-17/h1-4,7-8,11,16H,5-6,9-10,12-14H2,(H,21,23)/t16-,19-/m0/s1. The summed E-state index contributed by atoms with van der Waals surface area (Å²) >= 11 is 1.81. The molecular weight excluding hydrogens is 334 g/mol. The average molecular weight is 357 g/mol. The smallest absolute Gasteiger partial charge is 0.251 e. The molecule has 1 spiro atoms. The lowest BCUT2D eigenvalue weighted by molar-refractivity contribution is -0.0792. The fraction of sp³-hybridized carbons (Fsp3) is 0.474. The van der Waals surface area contributed by atoms with E-state index < -0.39 is 0 Å². The van der Waals surface area contributed by atoms with Gasteiger partial charge in [-0.1, -0.05) is 6.07 Å². The molecular formula is C19H23N3O2S. The molecule has 0 unspecified atom stereocenters. The van der Waals surface area contributed by atoms with Crippen molar-refractivity contribution < 1.29 is 9.53 Å². The van der Waals surface area contributed by atoms with Crippen LogP contribution in [-0.4, -0.2) is 47.1 Å². The number of thiophene rings is 1. The predicted molar refractivity (Wildman–Crippen MR) is 97.6 cm³/mol. The van der Waals surface area contributed by atoms with Crippen LogP contribution in [0.5, 0.6) is 0 Å². The lowest BCUT2D eigenvalue weighted by Gasteiger charge is -2.38. The molecule has 1 N–H and O–H groups in total. The van der Waals surface area contributed by atoms with Crippen molar-refractivity contribution in [3.63, 3.8) is 0 Å². The van der Waals surface area contributed by atoms with Crippen molar-refractivity contribution in [3.8, 4) is 0 Å².